The molecule has 0 spiro atoms. The Bertz CT molecular complexity index is 468. The molecule has 3 N–H and O–H groups in total. The minimum atomic E-state index is -0.0871. The molecule has 0 bridgehead atoms. The van der Waals surface area contributed by atoms with E-state index in [-0.39, 0.29) is 17.5 Å². The standard InChI is InChI=1S/C13H22N4O/c1-8(2)13-15-11(6-12(18)16-13)17-5-4-9(3)10(14)7-17/h6,8-10H,4-5,7,14H2,1-3H3,(H,15,16,18). The highest BCUT2D eigenvalue weighted by molar-refractivity contribution is 5.38. The molecule has 0 amide bonds. The normalized spacial score (nSPS) is 24.6. The van der Waals surface area contributed by atoms with Crippen LogP contribution in [-0.4, -0.2) is 29.1 Å². The molecule has 1 aliphatic rings. The van der Waals surface area contributed by atoms with Crippen molar-refractivity contribution in [2.24, 2.45) is 11.7 Å². The van der Waals surface area contributed by atoms with Crippen LogP contribution in [0.25, 0.3) is 0 Å². The van der Waals surface area contributed by atoms with Crippen LogP contribution in [0, 0.1) is 5.92 Å². The molecular weight excluding hydrogens is 228 g/mol. The van der Waals surface area contributed by atoms with Crippen LogP contribution in [-0.2, 0) is 0 Å². The minimum absolute atomic E-state index is 0.0871. The van der Waals surface area contributed by atoms with Gasteiger partial charge in [-0.05, 0) is 12.3 Å². The second kappa shape index (κ2) is 5.10. The number of aromatic amines is 1. The fourth-order valence-corrected chi connectivity index (χ4v) is 2.21. The highest BCUT2D eigenvalue weighted by Crippen LogP contribution is 2.20. The van der Waals surface area contributed by atoms with E-state index in [0.717, 1.165) is 31.2 Å². The van der Waals surface area contributed by atoms with E-state index in [4.69, 9.17) is 5.73 Å². The van der Waals surface area contributed by atoms with E-state index in [2.05, 4.69) is 21.8 Å². The summed E-state index contributed by atoms with van der Waals surface area (Å²) in [5.74, 6) is 2.25. The van der Waals surface area contributed by atoms with E-state index < -0.39 is 0 Å². The molecule has 18 heavy (non-hydrogen) atoms. The third kappa shape index (κ3) is 2.72. The van der Waals surface area contributed by atoms with Crippen LogP contribution in [0.2, 0.25) is 0 Å². The zero-order chi connectivity index (χ0) is 13.3. The van der Waals surface area contributed by atoms with Gasteiger partial charge in [-0.1, -0.05) is 20.8 Å². The maximum atomic E-state index is 11.7. The SMILES string of the molecule is CC(C)c1nc(N2CCC(C)C(N)C2)cc(=O)[nH]1. The Balaban J connectivity index is 2.25. The van der Waals surface area contributed by atoms with Crippen LogP contribution in [0.4, 0.5) is 5.82 Å². The van der Waals surface area contributed by atoms with E-state index in [1.165, 1.54) is 0 Å². The monoisotopic (exact) mass is 250 g/mol. The number of aromatic nitrogens is 2. The zero-order valence-corrected chi connectivity index (χ0v) is 11.3. The summed E-state index contributed by atoms with van der Waals surface area (Å²) in [5.41, 5.74) is 6.00. The fourth-order valence-electron chi connectivity index (χ4n) is 2.21. The maximum Gasteiger partial charge on any atom is 0.252 e. The average Bonchev–Trinajstić information content (AvgIpc) is 2.31. The van der Waals surface area contributed by atoms with E-state index in [0.29, 0.717) is 5.92 Å². The number of nitrogens with zero attached hydrogens (tertiary/aromatic N) is 2. The number of piperidine rings is 1. The number of hydrogen-bond donors (Lipinski definition) is 2. The minimum Gasteiger partial charge on any atom is -0.355 e. The van der Waals surface area contributed by atoms with Crippen molar-refractivity contribution in [3.63, 3.8) is 0 Å². The second-order valence-corrected chi connectivity index (χ2v) is 5.52. The van der Waals surface area contributed by atoms with Crippen molar-refractivity contribution in [1.82, 2.24) is 9.97 Å². The molecule has 1 aliphatic heterocycles. The number of rotatable bonds is 2. The molecule has 2 atom stereocenters. The molecule has 1 fully saturated rings. The lowest BCUT2D eigenvalue weighted by Gasteiger charge is -2.35. The molecule has 5 nitrogen and oxygen atoms in total. The van der Waals surface area contributed by atoms with E-state index in [9.17, 15) is 4.79 Å². The van der Waals surface area contributed by atoms with E-state index >= 15 is 0 Å². The van der Waals surface area contributed by atoms with Gasteiger partial charge in [0, 0.05) is 31.1 Å². The summed E-state index contributed by atoms with van der Waals surface area (Å²) in [6.07, 6.45) is 1.05. The smallest absolute Gasteiger partial charge is 0.252 e. The van der Waals surface area contributed by atoms with Gasteiger partial charge in [-0.2, -0.15) is 0 Å². The predicted molar refractivity (Wildman–Crippen MR) is 72.9 cm³/mol. The molecule has 1 aromatic rings. The average molecular weight is 250 g/mol. The van der Waals surface area contributed by atoms with Gasteiger partial charge >= 0.3 is 0 Å². The molecule has 0 aliphatic carbocycles. The zero-order valence-electron chi connectivity index (χ0n) is 11.3. The van der Waals surface area contributed by atoms with Gasteiger partial charge in [0.05, 0.1) is 0 Å². The van der Waals surface area contributed by atoms with Crippen molar-refractivity contribution in [3.05, 3.63) is 22.2 Å². The molecule has 2 heterocycles. The van der Waals surface area contributed by atoms with Crippen LogP contribution in [0.3, 0.4) is 0 Å². The van der Waals surface area contributed by atoms with Gasteiger partial charge in [0.15, 0.2) is 0 Å². The lowest BCUT2D eigenvalue weighted by atomic mass is 9.94. The van der Waals surface area contributed by atoms with Gasteiger partial charge in [-0.3, -0.25) is 4.79 Å². The van der Waals surface area contributed by atoms with Crippen molar-refractivity contribution in [2.75, 3.05) is 18.0 Å². The number of anilines is 1. The summed E-state index contributed by atoms with van der Waals surface area (Å²) in [4.78, 5) is 21.1. The van der Waals surface area contributed by atoms with Crippen LogP contribution in [0.1, 0.15) is 38.9 Å². The Morgan fingerprint density at radius 3 is 2.89 bits per heavy atom. The molecule has 1 aromatic heterocycles. The molecule has 100 valence electrons. The Labute approximate surface area is 107 Å². The molecule has 1 saturated heterocycles. The van der Waals surface area contributed by atoms with E-state index in [1.54, 1.807) is 6.07 Å². The molecule has 0 radical (unpaired) electrons. The summed E-state index contributed by atoms with van der Waals surface area (Å²) in [5, 5.41) is 0. The second-order valence-electron chi connectivity index (χ2n) is 5.52. The largest absolute Gasteiger partial charge is 0.355 e. The summed E-state index contributed by atoms with van der Waals surface area (Å²) in [6.45, 7) is 7.91. The Morgan fingerprint density at radius 2 is 2.28 bits per heavy atom. The van der Waals surface area contributed by atoms with Gasteiger partial charge in [0.1, 0.15) is 11.6 Å². The number of hydrogen-bond acceptors (Lipinski definition) is 4. The number of nitrogens with two attached hydrogens (primary N) is 1. The maximum absolute atomic E-state index is 11.7. The van der Waals surface area contributed by atoms with Gasteiger partial charge in [0.2, 0.25) is 0 Å². The van der Waals surface area contributed by atoms with Crippen molar-refractivity contribution in [1.29, 1.82) is 0 Å². The third-order valence-corrected chi connectivity index (χ3v) is 3.63. The summed E-state index contributed by atoms with van der Waals surface area (Å²) in [7, 11) is 0. The Hall–Kier alpha value is -1.36. The van der Waals surface area contributed by atoms with Gasteiger partial charge in [0.25, 0.3) is 5.56 Å². The first kappa shape index (κ1) is 13.1. The molecular formula is C13H22N4O. The van der Waals surface area contributed by atoms with Crippen molar-refractivity contribution < 1.29 is 0 Å². The highest BCUT2D eigenvalue weighted by Gasteiger charge is 2.24. The number of H-pyrrole nitrogens is 1. The first-order valence-electron chi connectivity index (χ1n) is 6.59. The van der Waals surface area contributed by atoms with Crippen LogP contribution in [0.15, 0.2) is 10.9 Å². The predicted octanol–water partition coefficient (Wildman–Crippen LogP) is 1.07. The Morgan fingerprint density at radius 1 is 1.56 bits per heavy atom. The van der Waals surface area contributed by atoms with Gasteiger partial charge < -0.3 is 15.6 Å². The summed E-state index contributed by atoms with van der Waals surface area (Å²) < 4.78 is 0. The van der Waals surface area contributed by atoms with Crippen molar-refractivity contribution >= 4 is 5.82 Å². The third-order valence-electron chi connectivity index (χ3n) is 3.63. The summed E-state index contributed by atoms with van der Waals surface area (Å²) >= 11 is 0. The van der Waals surface area contributed by atoms with E-state index in [1.807, 2.05) is 13.8 Å². The molecule has 5 heteroatoms. The van der Waals surface area contributed by atoms with Crippen LogP contribution < -0.4 is 16.2 Å². The molecule has 0 saturated carbocycles. The van der Waals surface area contributed by atoms with Gasteiger partial charge in [-0.25, -0.2) is 4.98 Å². The molecule has 0 aromatic carbocycles. The highest BCUT2D eigenvalue weighted by atomic mass is 16.1. The lowest BCUT2D eigenvalue weighted by molar-refractivity contribution is 0.377. The first-order chi connectivity index (χ1) is 8.47. The van der Waals surface area contributed by atoms with Crippen LogP contribution >= 0.6 is 0 Å². The first-order valence-corrected chi connectivity index (χ1v) is 6.59. The van der Waals surface area contributed by atoms with Gasteiger partial charge in [-0.15, -0.1) is 0 Å². The Kier molecular flexibility index (Phi) is 3.71. The quantitative estimate of drug-likeness (QED) is 0.823. The fraction of sp³-hybridized carbons (Fsp3) is 0.692. The van der Waals surface area contributed by atoms with Crippen molar-refractivity contribution in [3.8, 4) is 0 Å². The lowest BCUT2D eigenvalue weighted by Crippen LogP contribution is -2.48. The van der Waals surface area contributed by atoms with Crippen molar-refractivity contribution in [2.45, 2.75) is 39.2 Å². The molecule has 2 rings (SSSR count). The van der Waals surface area contributed by atoms with Crippen LogP contribution in [0.5, 0.6) is 0 Å². The number of nitrogens with one attached hydrogen (secondary N) is 1. The topological polar surface area (TPSA) is 75.0 Å². The molecule has 2 unspecified atom stereocenters. The summed E-state index contributed by atoms with van der Waals surface area (Å²) in [6, 6.07) is 1.72.